The lowest BCUT2D eigenvalue weighted by molar-refractivity contribution is 0.187. The number of nitrogens with zero attached hydrogens (tertiary/aromatic N) is 3. The molecule has 0 bridgehead atoms. The van der Waals surface area contributed by atoms with Crippen molar-refractivity contribution in [1.29, 1.82) is 0 Å². The van der Waals surface area contributed by atoms with Crippen molar-refractivity contribution in [3.63, 3.8) is 0 Å². The molecule has 2 aromatic rings. The van der Waals surface area contributed by atoms with Crippen molar-refractivity contribution in [1.82, 2.24) is 14.5 Å². The number of fused-ring (bicyclic) bond motifs is 1. The highest BCUT2D eigenvalue weighted by Gasteiger charge is 2.22. The van der Waals surface area contributed by atoms with Crippen LogP contribution in [-0.4, -0.2) is 27.7 Å². The molecule has 78 valence electrons. The zero-order valence-corrected chi connectivity index (χ0v) is 8.26. The lowest BCUT2D eigenvalue weighted by Crippen LogP contribution is -2.12. The summed E-state index contributed by atoms with van der Waals surface area (Å²) in [6, 6.07) is 4.07. The quantitative estimate of drug-likeness (QED) is 0.751. The molecule has 1 atom stereocenters. The lowest BCUT2D eigenvalue weighted by atomic mass is 10.2. The van der Waals surface area contributed by atoms with E-state index in [2.05, 4.69) is 9.97 Å². The van der Waals surface area contributed by atoms with E-state index in [0.29, 0.717) is 12.6 Å². The van der Waals surface area contributed by atoms with Crippen LogP contribution in [0.25, 0.3) is 11.2 Å². The minimum absolute atomic E-state index is 0.282. The molecule has 0 radical (unpaired) electrons. The summed E-state index contributed by atoms with van der Waals surface area (Å²) in [6.07, 6.45) is 2.74. The lowest BCUT2D eigenvalue weighted by Gasteiger charge is -2.11. The summed E-state index contributed by atoms with van der Waals surface area (Å²) < 4.78 is 7.33. The van der Waals surface area contributed by atoms with E-state index in [1.165, 1.54) is 0 Å². The van der Waals surface area contributed by atoms with Gasteiger partial charge in [0.25, 0.3) is 0 Å². The second-order valence-electron chi connectivity index (χ2n) is 3.70. The number of nitrogen functional groups attached to an aromatic ring is 1. The molecule has 0 spiro atoms. The molecule has 2 aromatic heterocycles. The maximum atomic E-state index is 5.89. The number of hydrogen-bond acceptors (Lipinski definition) is 4. The van der Waals surface area contributed by atoms with Gasteiger partial charge in [0.05, 0.1) is 12.6 Å². The van der Waals surface area contributed by atoms with E-state index < -0.39 is 0 Å². The van der Waals surface area contributed by atoms with Gasteiger partial charge in [-0.2, -0.15) is 0 Å². The number of hydrogen-bond donors (Lipinski definition) is 1. The minimum Gasteiger partial charge on any atom is -0.379 e. The SMILES string of the molecule is Nc1nc2cccnc2n1C1CCOC1. The fourth-order valence-corrected chi connectivity index (χ4v) is 2.03. The number of imidazole rings is 1. The van der Waals surface area contributed by atoms with Crippen molar-refractivity contribution in [2.75, 3.05) is 18.9 Å². The smallest absolute Gasteiger partial charge is 0.202 e. The van der Waals surface area contributed by atoms with Crippen molar-refractivity contribution in [3.05, 3.63) is 18.3 Å². The molecule has 0 amide bonds. The minimum atomic E-state index is 0.282. The Morgan fingerprint density at radius 3 is 3.27 bits per heavy atom. The average molecular weight is 204 g/mol. The summed E-state index contributed by atoms with van der Waals surface area (Å²) in [5.41, 5.74) is 7.59. The van der Waals surface area contributed by atoms with Crippen LogP contribution in [0.15, 0.2) is 18.3 Å². The molecule has 1 aliphatic heterocycles. The summed E-state index contributed by atoms with van der Waals surface area (Å²) in [5.74, 6) is 0.527. The Labute approximate surface area is 86.9 Å². The Morgan fingerprint density at radius 2 is 2.47 bits per heavy atom. The molecule has 1 unspecified atom stereocenters. The third-order valence-corrected chi connectivity index (χ3v) is 2.75. The first-order valence-electron chi connectivity index (χ1n) is 5.02. The van der Waals surface area contributed by atoms with Crippen molar-refractivity contribution in [2.45, 2.75) is 12.5 Å². The fraction of sp³-hybridized carbons (Fsp3) is 0.400. The highest BCUT2D eigenvalue weighted by atomic mass is 16.5. The number of nitrogens with two attached hydrogens (primary N) is 1. The Hall–Kier alpha value is -1.62. The molecule has 5 nitrogen and oxygen atoms in total. The van der Waals surface area contributed by atoms with Gasteiger partial charge in [-0.05, 0) is 18.6 Å². The van der Waals surface area contributed by atoms with Crippen LogP contribution in [0.3, 0.4) is 0 Å². The van der Waals surface area contributed by atoms with Gasteiger partial charge in [0.2, 0.25) is 5.95 Å². The third kappa shape index (κ3) is 1.27. The standard InChI is InChI=1S/C10H12N4O/c11-10-13-8-2-1-4-12-9(8)14(10)7-3-5-15-6-7/h1-2,4,7H,3,5-6H2,(H2,11,13). The van der Waals surface area contributed by atoms with Gasteiger partial charge < -0.3 is 10.5 Å². The molecular formula is C10H12N4O. The maximum Gasteiger partial charge on any atom is 0.202 e. The molecule has 3 rings (SSSR count). The van der Waals surface area contributed by atoms with Crippen LogP contribution in [0, 0.1) is 0 Å². The third-order valence-electron chi connectivity index (χ3n) is 2.75. The van der Waals surface area contributed by atoms with E-state index in [1.807, 2.05) is 16.7 Å². The number of rotatable bonds is 1. The summed E-state index contributed by atoms with van der Waals surface area (Å²) in [4.78, 5) is 8.59. The molecular weight excluding hydrogens is 192 g/mol. The largest absolute Gasteiger partial charge is 0.379 e. The van der Waals surface area contributed by atoms with E-state index >= 15 is 0 Å². The first-order valence-corrected chi connectivity index (χ1v) is 5.02. The Bertz CT molecular complexity index is 487. The predicted octanol–water partition coefficient (Wildman–Crippen LogP) is 0.975. The van der Waals surface area contributed by atoms with Gasteiger partial charge in [-0.15, -0.1) is 0 Å². The van der Waals surface area contributed by atoms with E-state index in [4.69, 9.17) is 10.5 Å². The van der Waals surface area contributed by atoms with E-state index in [0.717, 1.165) is 24.2 Å². The fourth-order valence-electron chi connectivity index (χ4n) is 2.03. The highest BCUT2D eigenvalue weighted by Crippen LogP contribution is 2.26. The molecule has 0 aliphatic carbocycles. The number of aromatic nitrogens is 3. The monoisotopic (exact) mass is 204 g/mol. The van der Waals surface area contributed by atoms with Crippen molar-refractivity contribution in [2.24, 2.45) is 0 Å². The molecule has 0 saturated carbocycles. The Morgan fingerprint density at radius 1 is 1.53 bits per heavy atom. The zero-order chi connectivity index (χ0) is 10.3. The Kier molecular flexibility index (Phi) is 1.85. The second-order valence-corrected chi connectivity index (χ2v) is 3.70. The molecule has 15 heavy (non-hydrogen) atoms. The van der Waals surface area contributed by atoms with Gasteiger partial charge in [0.15, 0.2) is 5.65 Å². The van der Waals surface area contributed by atoms with Gasteiger partial charge in [-0.25, -0.2) is 9.97 Å². The molecule has 0 aromatic carbocycles. The van der Waals surface area contributed by atoms with Crippen LogP contribution >= 0.6 is 0 Å². The topological polar surface area (TPSA) is 66.0 Å². The molecule has 1 aliphatic rings. The van der Waals surface area contributed by atoms with Crippen LogP contribution in [0.4, 0.5) is 5.95 Å². The first-order chi connectivity index (χ1) is 7.36. The molecule has 1 fully saturated rings. The second kappa shape index (κ2) is 3.20. The van der Waals surface area contributed by atoms with Gasteiger partial charge in [-0.3, -0.25) is 4.57 Å². The van der Waals surface area contributed by atoms with Crippen molar-refractivity contribution in [3.8, 4) is 0 Å². The normalized spacial score (nSPS) is 21.2. The van der Waals surface area contributed by atoms with Gasteiger partial charge in [-0.1, -0.05) is 0 Å². The zero-order valence-electron chi connectivity index (χ0n) is 8.26. The van der Waals surface area contributed by atoms with E-state index in [9.17, 15) is 0 Å². The number of pyridine rings is 1. The van der Waals surface area contributed by atoms with Crippen LogP contribution in [0.2, 0.25) is 0 Å². The van der Waals surface area contributed by atoms with Crippen molar-refractivity contribution < 1.29 is 4.74 Å². The summed E-state index contributed by atoms with van der Waals surface area (Å²) in [7, 11) is 0. The van der Waals surface area contributed by atoms with Crippen LogP contribution in [-0.2, 0) is 4.74 Å². The van der Waals surface area contributed by atoms with E-state index in [1.54, 1.807) is 6.20 Å². The van der Waals surface area contributed by atoms with Crippen LogP contribution in [0.1, 0.15) is 12.5 Å². The van der Waals surface area contributed by atoms with Gasteiger partial charge in [0.1, 0.15) is 5.52 Å². The predicted molar refractivity (Wildman–Crippen MR) is 56.4 cm³/mol. The summed E-state index contributed by atoms with van der Waals surface area (Å²) in [6.45, 7) is 1.49. The summed E-state index contributed by atoms with van der Waals surface area (Å²) >= 11 is 0. The first kappa shape index (κ1) is 8.67. The van der Waals surface area contributed by atoms with Crippen LogP contribution in [0.5, 0.6) is 0 Å². The number of ether oxygens (including phenoxy) is 1. The average Bonchev–Trinajstić information content (AvgIpc) is 2.82. The maximum absolute atomic E-state index is 5.89. The van der Waals surface area contributed by atoms with Crippen molar-refractivity contribution >= 4 is 17.1 Å². The van der Waals surface area contributed by atoms with Gasteiger partial charge >= 0.3 is 0 Å². The Balaban J connectivity index is 2.19. The van der Waals surface area contributed by atoms with E-state index in [-0.39, 0.29) is 6.04 Å². The molecule has 5 heteroatoms. The summed E-state index contributed by atoms with van der Waals surface area (Å²) in [5, 5.41) is 0. The molecule has 2 N–H and O–H groups in total. The van der Waals surface area contributed by atoms with Gasteiger partial charge in [0, 0.05) is 12.8 Å². The molecule has 1 saturated heterocycles. The number of anilines is 1. The molecule has 3 heterocycles. The highest BCUT2D eigenvalue weighted by molar-refractivity contribution is 5.73. The van der Waals surface area contributed by atoms with Crippen LogP contribution < -0.4 is 5.73 Å².